The van der Waals surface area contributed by atoms with Crippen LogP contribution in [0, 0.1) is 30.6 Å². The molecule has 0 atom stereocenters. The maximum absolute atomic E-state index is 5.82. The van der Waals surface area contributed by atoms with Gasteiger partial charge in [-0.25, -0.2) is 4.98 Å². The van der Waals surface area contributed by atoms with Gasteiger partial charge in [0.2, 0.25) is 5.95 Å². The number of hydrogen-bond donors (Lipinski definition) is 2. The Morgan fingerprint density at radius 1 is 1.05 bits per heavy atom. The zero-order chi connectivity index (χ0) is 13.0. The molecule has 4 saturated carbocycles. The quantitative estimate of drug-likeness (QED) is 0.856. The lowest BCUT2D eigenvalue weighted by Gasteiger charge is -2.54. The molecule has 1 aromatic rings. The number of anilines is 2. The van der Waals surface area contributed by atoms with Crippen molar-refractivity contribution in [3.8, 4) is 0 Å². The first-order chi connectivity index (χ1) is 9.17. The number of nitrogens with zero attached hydrogens (tertiary/aromatic N) is 2. The SMILES string of the molecule is Cc1cc(N)nc(NC2C3CC4CC(C3)CC2C4)n1. The van der Waals surface area contributed by atoms with Gasteiger partial charge in [-0.15, -0.1) is 0 Å². The number of hydrogen-bond acceptors (Lipinski definition) is 4. The molecular formula is C15H22N4. The molecule has 0 spiro atoms. The highest BCUT2D eigenvalue weighted by molar-refractivity contribution is 5.39. The van der Waals surface area contributed by atoms with Crippen LogP contribution in [-0.4, -0.2) is 16.0 Å². The number of nitrogens with two attached hydrogens (primary N) is 1. The van der Waals surface area contributed by atoms with Crippen LogP contribution >= 0.6 is 0 Å². The Labute approximate surface area is 114 Å². The van der Waals surface area contributed by atoms with Crippen molar-refractivity contribution < 1.29 is 0 Å². The monoisotopic (exact) mass is 258 g/mol. The second kappa shape index (κ2) is 4.09. The van der Waals surface area contributed by atoms with E-state index in [1.54, 1.807) is 0 Å². The van der Waals surface area contributed by atoms with Gasteiger partial charge in [0, 0.05) is 17.8 Å². The van der Waals surface area contributed by atoms with Crippen molar-refractivity contribution in [1.82, 2.24) is 9.97 Å². The molecule has 4 nitrogen and oxygen atoms in total. The fourth-order valence-corrected chi connectivity index (χ4v) is 4.97. The van der Waals surface area contributed by atoms with Crippen molar-refractivity contribution in [2.75, 3.05) is 11.1 Å². The summed E-state index contributed by atoms with van der Waals surface area (Å²) in [4.78, 5) is 8.82. The zero-order valence-corrected chi connectivity index (χ0v) is 11.5. The first-order valence-corrected chi connectivity index (χ1v) is 7.55. The van der Waals surface area contributed by atoms with Crippen LogP contribution in [0.25, 0.3) is 0 Å². The van der Waals surface area contributed by atoms with E-state index >= 15 is 0 Å². The van der Waals surface area contributed by atoms with Crippen molar-refractivity contribution in [2.45, 2.75) is 45.1 Å². The summed E-state index contributed by atoms with van der Waals surface area (Å²) in [6.45, 7) is 1.97. The van der Waals surface area contributed by atoms with Crippen LogP contribution in [0.2, 0.25) is 0 Å². The minimum atomic E-state index is 0.568. The summed E-state index contributed by atoms with van der Waals surface area (Å²) in [7, 11) is 0. The normalized spacial score (nSPS) is 39.5. The second-order valence-corrected chi connectivity index (χ2v) is 6.86. The summed E-state index contributed by atoms with van der Waals surface area (Å²) in [5.74, 6) is 4.98. The Balaban J connectivity index is 1.56. The number of aromatic nitrogens is 2. The standard InChI is InChI=1S/C15H22N4/c1-8-2-13(16)18-15(17-8)19-14-11-4-9-3-10(6-11)7-12(14)5-9/h2,9-12,14H,3-7H2,1H3,(H3,16,17,18,19). The lowest BCUT2D eigenvalue weighted by Crippen LogP contribution is -2.51. The molecule has 4 bridgehead atoms. The molecule has 5 rings (SSSR count). The molecule has 1 heterocycles. The molecule has 0 saturated heterocycles. The lowest BCUT2D eigenvalue weighted by atomic mass is 9.54. The van der Waals surface area contributed by atoms with Gasteiger partial charge < -0.3 is 11.1 Å². The topological polar surface area (TPSA) is 63.8 Å². The van der Waals surface area contributed by atoms with E-state index in [-0.39, 0.29) is 0 Å². The largest absolute Gasteiger partial charge is 0.384 e. The minimum Gasteiger partial charge on any atom is -0.384 e. The number of rotatable bonds is 2. The molecule has 19 heavy (non-hydrogen) atoms. The van der Waals surface area contributed by atoms with Crippen molar-refractivity contribution >= 4 is 11.8 Å². The molecule has 0 radical (unpaired) electrons. The van der Waals surface area contributed by atoms with Crippen LogP contribution < -0.4 is 11.1 Å². The van der Waals surface area contributed by atoms with Gasteiger partial charge in [0.25, 0.3) is 0 Å². The Morgan fingerprint density at radius 3 is 2.26 bits per heavy atom. The zero-order valence-electron chi connectivity index (χ0n) is 11.5. The van der Waals surface area contributed by atoms with Crippen LogP contribution in [0.5, 0.6) is 0 Å². The highest BCUT2D eigenvalue weighted by atomic mass is 15.1. The Hall–Kier alpha value is -1.32. The van der Waals surface area contributed by atoms with Gasteiger partial charge in [-0.05, 0) is 62.7 Å². The van der Waals surface area contributed by atoms with Gasteiger partial charge in [-0.3, -0.25) is 0 Å². The molecule has 0 aromatic carbocycles. The summed E-state index contributed by atoms with van der Waals surface area (Å²) < 4.78 is 0. The predicted molar refractivity (Wildman–Crippen MR) is 75.6 cm³/mol. The molecule has 3 N–H and O–H groups in total. The fourth-order valence-electron chi connectivity index (χ4n) is 4.97. The molecular weight excluding hydrogens is 236 g/mol. The van der Waals surface area contributed by atoms with Crippen molar-refractivity contribution in [3.63, 3.8) is 0 Å². The van der Waals surface area contributed by atoms with Crippen molar-refractivity contribution in [3.05, 3.63) is 11.8 Å². The lowest BCUT2D eigenvalue weighted by molar-refractivity contribution is 0.00728. The Bertz CT molecular complexity index is 451. The van der Waals surface area contributed by atoms with E-state index in [4.69, 9.17) is 5.73 Å². The fraction of sp³-hybridized carbons (Fsp3) is 0.733. The van der Waals surface area contributed by atoms with Gasteiger partial charge in [0.15, 0.2) is 0 Å². The van der Waals surface area contributed by atoms with Crippen LogP contribution in [-0.2, 0) is 0 Å². The number of aryl methyl sites for hydroxylation is 1. The molecule has 4 fully saturated rings. The van der Waals surface area contributed by atoms with Crippen LogP contribution in [0.3, 0.4) is 0 Å². The van der Waals surface area contributed by atoms with E-state index in [1.165, 1.54) is 32.1 Å². The summed E-state index contributed by atoms with van der Waals surface area (Å²) in [5.41, 5.74) is 6.76. The number of nitrogen functional groups attached to an aromatic ring is 1. The van der Waals surface area contributed by atoms with Gasteiger partial charge in [0.05, 0.1) is 0 Å². The first-order valence-electron chi connectivity index (χ1n) is 7.55. The second-order valence-electron chi connectivity index (χ2n) is 6.86. The summed E-state index contributed by atoms with van der Waals surface area (Å²) in [5, 5.41) is 3.60. The summed E-state index contributed by atoms with van der Waals surface area (Å²) in [6, 6.07) is 2.40. The van der Waals surface area contributed by atoms with Gasteiger partial charge in [-0.2, -0.15) is 4.98 Å². The molecule has 102 valence electrons. The highest BCUT2D eigenvalue weighted by Gasteiger charge is 2.48. The van der Waals surface area contributed by atoms with Crippen LogP contribution in [0.1, 0.15) is 37.8 Å². The average molecular weight is 258 g/mol. The maximum Gasteiger partial charge on any atom is 0.225 e. The van der Waals surface area contributed by atoms with Crippen molar-refractivity contribution in [1.29, 1.82) is 0 Å². The molecule has 0 unspecified atom stereocenters. The van der Waals surface area contributed by atoms with E-state index in [1.807, 2.05) is 13.0 Å². The molecule has 0 aliphatic heterocycles. The van der Waals surface area contributed by atoms with Gasteiger partial charge >= 0.3 is 0 Å². The van der Waals surface area contributed by atoms with Crippen molar-refractivity contribution in [2.24, 2.45) is 23.7 Å². The maximum atomic E-state index is 5.82. The Morgan fingerprint density at radius 2 is 1.68 bits per heavy atom. The number of nitrogens with one attached hydrogen (secondary N) is 1. The van der Waals surface area contributed by atoms with Crippen LogP contribution in [0.4, 0.5) is 11.8 Å². The highest BCUT2D eigenvalue weighted by Crippen LogP contribution is 2.54. The average Bonchev–Trinajstić information content (AvgIpc) is 2.31. The third kappa shape index (κ3) is 1.97. The Kier molecular flexibility index (Phi) is 2.47. The third-order valence-electron chi connectivity index (χ3n) is 5.40. The summed E-state index contributed by atoms with van der Waals surface area (Å²) in [6.07, 6.45) is 7.13. The molecule has 0 amide bonds. The predicted octanol–water partition coefficient (Wildman–Crippen LogP) is 2.60. The molecule has 1 aromatic heterocycles. The summed E-state index contributed by atoms with van der Waals surface area (Å²) >= 11 is 0. The molecule has 4 heteroatoms. The van der Waals surface area contributed by atoms with E-state index < -0.39 is 0 Å². The third-order valence-corrected chi connectivity index (χ3v) is 5.40. The smallest absolute Gasteiger partial charge is 0.225 e. The first kappa shape index (κ1) is 11.5. The van der Waals surface area contributed by atoms with E-state index in [2.05, 4.69) is 15.3 Å². The van der Waals surface area contributed by atoms with Crippen LogP contribution in [0.15, 0.2) is 6.07 Å². The minimum absolute atomic E-state index is 0.568. The molecule has 4 aliphatic rings. The van der Waals surface area contributed by atoms with Gasteiger partial charge in [0.1, 0.15) is 5.82 Å². The van der Waals surface area contributed by atoms with E-state index in [0.29, 0.717) is 11.9 Å². The molecule has 4 aliphatic carbocycles. The van der Waals surface area contributed by atoms with E-state index in [0.717, 1.165) is 35.3 Å². The van der Waals surface area contributed by atoms with Gasteiger partial charge in [-0.1, -0.05) is 0 Å². The van der Waals surface area contributed by atoms with E-state index in [9.17, 15) is 0 Å².